The van der Waals surface area contributed by atoms with Crippen molar-refractivity contribution < 1.29 is 4.42 Å². The first-order valence-electron chi connectivity index (χ1n) is 4.99. The fourth-order valence-electron chi connectivity index (χ4n) is 1.20. The predicted molar refractivity (Wildman–Crippen MR) is 65.8 cm³/mol. The molecule has 1 atom stereocenters. The molecule has 2 aromatic rings. The molecule has 0 fully saturated rings. The molecule has 1 heterocycles. The zero-order chi connectivity index (χ0) is 11.5. The van der Waals surface area contributed by atoms with Crippen LogP contribution < -0.4 is 5.73 Å². The number of oxazole rings is 1. The van der Waals surface area contributed by atoms with Crippen LogP contribution in [-0.4, -0.2) is 16.6 Å². The monoisotopic (exact) mass is 235 g/mol. The number of benzene rings is 1. The third kappa shape index (κ3) is 2.36. The summed E-state index contributed by atoms with van der Waals surface area (Å²) in [5.74, 6) is 0.950. The molecule has 5 heteroatoms. The van der Waals surface area contributed by atoms with Gasteiger partial charge in [-0.1, -0.05) is 30.8 Å². The van der Waals surface area contributed by atoms with Gasteiger partial charge in [0.2, 0.25) is 0 Å². The van der Waals surface area contributed by atoms with Crippen molar-refractivity contribution in [2.24, 2.45) is 11.7 Å². The van der Waals surface area contributed by atoms with E-state index in [1.54, 1.807) is 0 Å². The van der Waals surface area contributed by atoms with Crippen LogP contribution in [0, 0.1) is 11.3 Å². The maximum Gasteiger partial charge on any atom is 0.256 e. The molecule has 0 aliphatic carbocycles. The van der Waals surface area contributed by atoms with E-state index in [9.17, 15) is 0 Å². The molecule has 4 nitrogen and oxygen atoms in total. The van der Waals surface area contributed by atoms with Crippen molar-refractivity contribution >= 4 is 28.7 Å². The van der Waals surface area contributed by atoms with Gasteiger partial charge in [-0.15, -0.1) is 0 Å². The zero-order valence-electron chi connectivity index (χ0n) is 8.93. The standard InChI is InChI=1S/C11H13N3OS/c1-7(10(12)13)6-16-11-14-8-4-2-3-5-9(8)15-11/h2-5,7H,6H2,1H3,(H3,12,13). The summed E-state index contributed by atoms with van der Waals surface area (Å²) in [7, 11) is 0. The van der Waals surface area contributed by atoms with Crippen molar-refractivity contribution in [3.05, 3.63) is 24.3 Å². The Hall–Kier alpha value is -1.49. The first-order chi connectivity index (χ1) is 7.66. The van der Waals surface area contributed by atoms with E-state index in [0.717, 1.165) is 11.1 Å². The molecule has 0 aliphatic rings. The fourth-order valence-corrected chi connectivity index (χ4v) is 2.08. The minimum atomic E-state index is 0.0417. The van der Waals surface area contributed by atoms with Crippen molar-refractivity contribution in [1.82, 2.24) is 4.98 Å². The summed E-state index contributed by atoms with van der Waals surface area (Å²) in [4.78, 5) is 4.33. The molecule has 2 rings (SSSR count). The van der Waals surface area contributed by atoms with Crippen LogP contribution in [0.2, 0.25) is 0 Å². The highest BCUT2D eigenvalue weighted by Crippen LogP contribution is 2.24. The number of nitrogens with one attached hydrogen (secondary N) is 1. The summed E-state index contributed by atoms with van der Waals surface area (Å²) in [5.41, 5.74) is 7.05. The highest BCUT2D eigenvalue weighted by molar-refractivity contribution is 7.99. The molecule has 0 saturated carbocycles. The largest absolute Gasteiger partial charge is 0.431 e. The normalized spacial score (nSPS) is 12.8. The summed E-state index contributed by atoms with van der Waals surface area (Å²) in [6.45, 7) is 1.91. The van der Waals surface area contributed by atoms with Crippen LogP contribution in [0.3, 0.4) is 0 Å². The summed E-state index contributed by atoms with van der Waals surface area (Å²) in [6.07, 6.45) is 0. The Morgan fingerprint density at radius 3 is 3.00 bits per heavy atom. The van der Waals surface area contributed by atoms with Gasteiger partial charge in [0.1, 0.15) is 5.52 Å². The Morgan fingerprint density at radius 1 is 1.56 bits per heavy atom. The number of aromatic nitrogens is 1. The molecule has 0 spiro atoms. The van der Waals surface area contributed by atoms with E-state index >= 15 is 0 Å². The third-order valence-electron chi connectivity index (χ3n) is 2.26. The number of hydrogen-bond donors (Lipinski definition) is 2. The average molecular weight is 235 g/mol. The lowest BCUT2D eigenvalue weighted by Crippen LogP contribution is -2.21. The Labute approximate surface area is 97.7 Å². The lowest BCUT2D eigenvalue weighted by Gasteiger charge is -2.05. The van der Waals surface area contributed by atoms with Crippen molar-refractivity contribution in [2.45, 2.75) is 12.1 Å². The molecule has 84 valence electrons. The minimum absolute atomic E-state index is 0.0417. The lowest BCUT2D eigenvalue weighted by atomic mass is 10.2. The van der Waals surface area contributed by atoms with E-state index in [2.05, 4.69) is 4.98 Å². The van der Waals surface area contributed by atoms with Crippen molar-refractivity contribution in [1.29, 1.82) is 5.41 Å². The number of nitrogens with zero attached hydrogens (tertiary/aromatic N) is 1. The van der Waals surface area contributed by atoms with E-state index in [0.29, 0.717) is 11.0 Å². The van der Waals surface area contributed by atoms with Gasteiger partial charge in [-0.25, -0.2) is 4.98 Å². The molecule has 3 N–H and O–H groups in total. The average Bonchev–Trinajstić information content (AvgIpc) is 2.68. The molecular weight excluding hydrogens is 222 g/mol. The van der Waals surface area contributed by atoms with Gasteiger partial charge in [0, 0.05) is 11.7 Å². The van der Waals surface area contributed by atoms with E-state index in [4.69, 9.17) is 15.6 Å². The molecule has 0 aliphatic heterocycles. The maximum absolute atomic E-state index is 7.29. The Morgan fingerprint density at radius 2 is 2.31 bits per heavy atom. The van der Waals surface area contributed by atoms with Crippen LogP contribution in [0.1, 0.15) is 6.92 Å². The quantitative estimate of drug-likeness (QED) is 0.485. The van der Waals surface area contributed by atoms with Crippen LogP contribution in [0.15, 0.2) is 33.9 Å². The summed E-state index contributed by atoms with van der Waals surface area (Å²) < 4.78 is 5.54. The number of rotatable bonds is 4. The first-order valence-corrected chi connectivity index (χ1v) is 5.97. The fraction of sp³-hybridized carbons (Fsp3) is 0.273. The van der Waals surface area contributed by atoms with Gasteiger partial charge in [-0.3, -0.25) is 5.41 Å². The second-order valence-corrected chi connectivity index (χ2v) is 4.59. The van der Waals surface area contributed by atoms with Gasteiger partial charge in [0.25, 0.3) is 5.22 Å². The van der Waals surface area contributed by atoms with E-state index in [1.165, 1.54) is 11.8 Å². The molecule has 1 unspecified atom stereocenters. The predicted octanol–water partition coefficient (Wildman–Crippen LogP) is 2.49. The third-order valence-corrected chi connectivity index (χ3v) is 3.35. The number of fused-ring (bicyclic) bond motifs is 1. The second-order valence-electron chi connectivity index (χ2n) is 3.61. The Kier molecular flexibility index (Phi) is 3.14. The molecule has 0 amide bonds. The Bertz CT molecular complexity index is 476. The maximum atomic E-state index is 7.29. The highest BCUT2D eigenvalue weighted by atomic mass is 32.2. The van der Waals surface area contributed by atoms with Gasteiger partial charge >= 0.3 is 0 Å². The second kappa shape index (κ2) is 4.57. The first kappa shape index (κ1) is 11.0. The smallest absolute Gasteiger partial charge is 0.256 e. The van der Waals surface area contributed by atoms with Crippen LogP contribution in [0.25, 0.3) is 11.1 Å². The van der Waals surface area contributed by atoms with Crippen molar-refractivity contribution in [3.8, 4) is 0 Å². The number of hydrogen-bond acceptors (Lipinski definition) is 4. The van der Waals surface area contributed by atoms with Gasteiger partial charge in [-0.2, -0.15) is 0 Å². The van der Waals surface area contributed by atoms with Gasteiger partial charge < -0.3 is 10.2 Å². The molecule has 1 aromatic carbocycles. The topological polar surface area (TPSA) is 75.9 Å². The van der Waals surface area contributed by atoms with Crippen LogP contribution >= 0.6 is 11.8 Å². The molecule has 0 bridgehead atoms. The summed E-state index contributed by atoms with van der Waals surface area (Å²) >= 11 is 1.48. The summed E-state index contributed by atoms with van der Waals surface area (Å²) in [6, 6.07) is 7.65. The summed E-state index contributed by atoms with van der Waals surface area (Å²) in [5, 5.41) is 7.92. The van der Waals surface area contributed by atoms with Crippen molar-refractivity contribution in [3.63, 3.8) is 0 Å². The Balaban J connectivity index is 2.07. The zero-order valence-corrected chi connectivity index (χ0v) is 9.75. The van der Waals surface area contributed by atoms with E-state index < -0.39 is 0 Å². The lowest BCUT2D eigenvalue weighted by molar-refractivity contribution is 0.489. The molecule has 0 radical (unpaired) electrons. The van der Waals surface area contributed by atoms with Crippen LogP contribution in [-0.2, 0) is 0 Å². The van der Waals surface area contributed by atoms with Crippen LogP contribution in [0.4, 0.5) is 0 Å². The molecular formula is C11H13N3OS. The van der Waals surface area contributed by atoms with E-state index in [1.807, 2.05) is 31.2 Å². The van der Waals surface area contributed by atoms with E-state index in [-0.39, 0.29) is 11.8 Å². The minimum Gasteiger partial charge on any atom is -0.431 e. The number of nitrogens with two attached hydrogens (primary N) is 1. The number of para-hydroxylation sites is 2. The van der Waals surface area contributed by atoms with Crippen LogP contribution in [0.5, 0.6) is 0 Å². The van der Waals surface area contributed by atoms with Gasteiger partial charge in [0.15, 0.2) is 5.58 Å². The van der Waals surface area contributed by atoms with Crippen molar-refractivity contribution in [2.75, 3.05) is 5.75 Å². The van der Waals surface area contributed by atoms with Gasteiger partial charge in [-0.05, 0) is 12.1 Å². The molecule has 1 aromatic heterocycles. The highest BCUT2D eigenvalue weighted by Gasteiger charge is 2.10. The molecule has 0 saturated heterocycles. The molecule has 16 heavy (non-hydrogen) atoms. The van der Waals surface area contributed by atoms with Gasteiger partial charge in [0.05, 0.1) is 5.84 Å². The number of thioether (sulfide) groups is 1. The number of amidine groups is 1. The SMILES string of the molecule is CC(CSc1nc2ccccc2o1)C(=N)N.